The van der Waals surface area contributed by atoms with E-state index in [0.717, 1.165) is 22.3 Å². The van der Waals surface area contributed by atoms with Gasteiger partial charge in [-0.2, -0.15) is 0 Å². The molecule has 2 rings (SSSR count). The van der Waals surface area contributed by atoms with Crippen molar-refractivity contribution in [2.24, 2.45) is 0 Å². The third-order valence-electron chi connectivity index (χ3n) is 2.50. The molecule has 86 valence electrons. The number of hydrogen-bond donors (Lipinski definition) is 1. The molecule has 0 amide bonds. The molecule has 0 atom stereocenters. The van der Waals surface area contributed by atoms with Gasteiger partial charge >= 0.3 is 0 Å². The van der Waals surface area contributed by atoms with Gasteiger partial charge in [-0.15, -0.1) is 0 Å². The molecule has 0 aliphatic rings. The molecule has 2 nitrogen and oxygen atoms in total. The average Bonchev–Trinajstić information content (AvgIpc) is 2.57. The van der Waals surface area contributed by atoms with Gasteiger partial charge in [0.1, 0.15) is 17.2 Å². The van der Waals surface area contributed by atoms with Crippen molar-refractivity contribution in [1.29, 1.82) is 0 Å². The van der Waals surface area contributed by atoms with Gasteiger partial charge in [-0.05, 0) is 30.7 Å². The van der Waals surface area contributed by atoms with Gasteiger partial charge in [-0.1, -0.05) is 13.8 Å². The summed E-state index contributed by atoms with van der Waals surface area (Å²) in [5.41, 5.74) is 1.62. The molecule has 0 unspecified atom stereocenters. The van der Waals surface area contributed by atoms with Crippen LogP contribution < -0.4 is 5.32 Å². The Kier molecular flexibility index (Phi) is 2.97. The molecule has 0 bridgehead atoms. The smallest absolute Gasteiger partial charge is 0.137 e. The van der Waals surface area contributed by atoms with Gasteiger partial charge in [0.25, 0.3) is 0 Å². The molecule has 0 saturated carbocycles. The van der Waals surface area contributed by atoms with Gasteiger partial charge in [0, 0.05) is 11.4 Å². The van der Waals surface area contributed by atoms with E-state index in [0.29, 0.717) is 12.6 Å². The molecule has 1 aromatic heterocycles. The summed E-state index contributed by atoms with van der Waals surface area (Å²) in [5, 5.41) is 4.10. The molecule has 1 aromatic carbocycles. The highest BCUT2D eigenvalue weighted by Crippen LogP contribution is 2.24. The zero-order chi connectivity index (χ0) is 11.7. The van der Waals surface area contributed by atoms with Crippen LogP contribution in [0.15, 0.2) is 22.6 Å². The SMILES string of the molecule is Cc1cc(F)cc2cc(CNC(C)C)oc12. The molecule has 0 saturated heterocycles. The zero-order valence-corrected chi connectivity index (χ0v) is 9.80. The Morgan fingerprint density at radius 2 is 2.06 bits per heavy atom. The van der Waals surface area contributed by atoms with Crippen LogP contribution in [0.5, 0.6) is 0 Å². The van der Waals surface area contributed by atoms with Gasteiger partial charge in [-0.25, -0.2) is 4.39 Å². The number of benzene rings is 1. The van der Waals surface area contributed by atoms with Crippen LogP contribution in [-0.4, -0.2) is 6.04 Å². The molecule has 0 aliphatic heterocycles. The molecular weight excluding hydrogens is 205 g/mol. The minimum atomic E-state index is -0.214. The van der Waals surface area contributed by atoms with Gasteiger partial charge in [0.15, 0.2) is 0 Å². The van der Waals surface area contributed by atoms with E-state index in [1.165, 1.54) is 12.1 Å². The van der Waals surface area contributed by atoms with Gasteiger partial charge in [0.05, 0.1) is 6.54 Å². The Hall–Kier alpha value is -1.35. The van der Waals surface area contributed by atoms with Crippen LogP contribution in [0.3, 0.4) is 0 Å². The topological polar surface area (TPSA) is 25.2 Å². The summed E-state index contributed by atoms with van der Waals surface area (Å²) in [6.07, 6.45) is 0. The summed E-state index contributed by atoms with van der Waals surface area (Å²) < 4.78 is 18.8. The lowest BCUT2D eigenvalue weighted by molar-refractivity contribution is 0.487. The maximum absolute atomic E-state index is 13.2. The zero-order valence-electron chi connectivity index (χ0n) is 9.80. The minimum Gasteiger partial charge on any atom is -0.459 e. The molecular formula is C13H16FNO. The maximum atomic E-state index is 13.2. The second kappa shape index (κ2) is 4.26. The first kappa shape index (κ1) is 11.1. The van der Waals surface area contributed by atoms with E-state index in [-0.39, 0.29) is 5.82 Å². The normalized spacial score (nSPS) is 11.6. The van der Waals surface area contributed by atoms with E-state index >= 15 is 0 Å². The van der Waals surface area contributed by atoms with Crippen LogP contribution in [0, 0.1) is 12.7 Å². The third kappa shape index (κ3) is 2.25. The lowest BCUT2D eigenvalue weighted by Crippen LogP contribution is -2.21. The molecule has 1 heterocycles. The summed E-state index contributed by atoms with van der Waals surface area (Å²) in [5.74, 6) is 0.631. The molecule has 1 N–H and O–H groups in total. The monoisotopic (exact) mass is 221 g/mol. The predicted molar refractivity (Wildman–Crippen MR) is 62.9 cm³/mol. The van der Waals surface area contributed by atoms with E-state index in [9.17, 15) is 4.39 Å². The number of fused-ring (bicyclic) bond motifs is 1. The minimum absolute atomic E-state index is 0.214. The van der Waals surface area contributed by atoms with Crippen LogP contribution >= 0.6 is 0 Å². The Balaban J connectivity index is 2.33. The van der Waals surface area contributed by atoms with Crippen molar-refractivity contribution in [3.63, 3.8) is 0 Å². The third-order valence-corrected chi connectivity index (χ3v) is 2.50. The van der Waals surface area contributed by atoms with E-state index in [1.54, 1.807) is 0 Å². The first-order valence-corrected chi connectivity index (χ1v) is 5.48. The Morgan fingerprint density at radius 3 is 2.75 bits per heavy atom. The number of aryl methyl sites for hydroxylation is 1. The highest BCUT2D eigenvalue weighted by atomic mass is 19.1. The molecule has 3 heteroatoms. The summed E-state index contributed by atoms with van der Waals surface area (Å²) in [7, 11) is 0. The van der Waals surface area contributed by atoms with E-state index in [2.05, 4.69) is 19.2 Å². The van der Waals surface area contributed by atoms with Gasteiger partial charge in [-0.3, -0.25) is 0 Å². The second-order valence-corrected chi connectivity index (χ2v) is 4.39. The van der Waals surface area contributed by atoms with Crippen LogP contribution in [0.4, 0.5) is 4.39 Å². The van der Waals surface area contributed by atoms with Gasteiger partial charge < -0.3 is 9.73 Å². The van der Waals surface area contributed by atoms with Crippen molar-refractivity contribution in [1.82, 2.24) is 5.32 Å². The lowest BCUT2D eigenvalue weighted by Gasteiger charge is -2.04. The van der Waals surface area contributed by atoms with Crippen LogP contribution in [-0.2, 0) is 6.54 Å². The summed E-state index contributed by atoms with van der Waals surface area (Å²) in [6.45, 7) is 6.68. The fraction of sp³-hybridized carbons (Fsp3) is 0.385. The summed E-state index contributed by atoms with van der Waals surface area (Å²) >= 11 is 0. The van der Waals surface area contributed by atoms with Crippen molar-refractivity contribution in [3.8, 4) is 0 Å². The quantitative estimate of drug-likeness (QED) is 0.859. The maximum Gasteiger partial charge on any atom is 0.137 e. The summed E-state index contributed by atoms with van der Waals surface area (Å²) in [6, 6.07) is 5.29. The van der Waals surface area contributed by atoms with Gasteiger partial charge in [0.2, 0.25) is 0 Å². The van der Waals surface area contributed by atoms with E-state index in [4.69, 9.17) is 4.42 Å². The van der Waals surface area contributed by atoms with Crippen LogP contribution in [0.2, 0.25) is 0 Å². The van der Waals surface area contributed by atoms with Crippen molar-refractivity contribution in [2.45, 2.75) is 33.4 Å². The molecule has 0 aliphatic carbocycles. The van der Waals surface area contributed by atoms with Crippen molar-refractivity contribution < 1.29 is 8.81 Å². The first-order chi connectivity index (χ1) is 7.56. The predicted octanol–water partition coefficient (Wildman–Crippen LogP) is 3.38. The lowest BCUT2D eigenvalue weighted by atomic mass is 10.2. The Labute approximate surface area is 94.4 Å². The Morgan fingerprint density at radius 1 is 1.31 bits per heavy atom. The molecule has 0 spiro atoms. The molecule has 0 radical (unpaired) electrons. The van der Waals surface area contributed by atoms with Crippen molar-refractivity contribution >= 4 is 11.0 Å². The fourth-order valence-corrected chi connectivity index (χ4v) is 1.73. The Bertz CT molecular complexity index is 502. The highest BCUT2D eigenvalue weighted by Gasteiger charge is 2.08. The highest BCUT2D eigenvalue weighted by molar-refractivity contribution is 5.81. The standard InChI is InChI=1S/C13H16FNO/c1-8(2)15-7-12-6-10-5-11(14)4-9(3)13(10)16-12/h4-6,8,15H,7H2,1-3H3. The largest absolute Gasteiger partial charge is 0.459 e. The second-order valence-electron chi connectivity index (χ2n) is 4.39. The summed E-state index contributed by atoms with van der Waals surface area (Å²) in [4.78, 5) is 0. The van der Waals surface area contributed by atoms with E-state index < -0.39 is 0 Å². The first-order valence-electron chi connectivity index (χ1n) is 5.48. The number of nitrogens with one attached hydrogen (secondary N) is 1. The van der Waals surface area contributed by atoms with Crippen molar-refractivity contribution in [2.75, 3.05) is 0 Å². The average molecular weight is 221 g/mol. The molecule has 2 aromatic rings. The number of rotatable bonds is 3. The fourth-order valence-electron chi connectivity index (χ4n) is 1.73. The van der Waals surface area contributed by atoms with E-state index in [1.807, 2.05) is 13.0 Å². The molecule has 0 fully saturated rings. The number of furan rings is 1. The van der Waals surface area contributed by atoms with Crippen LogP contribution in [0.1, 0.15) is 25.2 Å². The van der Waals surface area contributed by atoms with Crippen LogP contribution in [0.25, 0.3) is 11.0 Å². The number of halogens is 1. The molecule has 16 heavy (non-hydrogen) atoms. The van der Waals surface area contributed by atoms with Crippen molar-refractivity contribution in [3.05, 3.63) is 35.3 Å². The number of hydrogen-bond acceptors (Lipinski definition) is 2.